The smallest absolute Gasteiger partial charge is 0.411 e. The van der Waals surface area contributed by atoms with E-state index < -0.39 is 95.6 Å². The molecule has 14 nitrogen and oxygen atoms in total. The molecule has 1 N–H and O–H groups in total. The Morgan fingerprint density at radius 2 is 1.77 bits per heavy atom. The summed E-state index contributed by atoms with van der Waals surface area (Å²) in [5, 5.41) is 11.6. The number of rotatable bonds is 5. The van der Waals surface area contributed by atoms with E-state index >= 15 is 0 Å². The lowest BCUT2D eigenvalue weighted by atomic mass is 9.73. The number of esters is 2. The molecule has 294 valence electrons. The maximum atomic E-state index is 14.6. The van der Waals surface area contributed by atoms with Gasteiger partial charge < -0.3 is 43.2 Å². The van der Waals surface area contributed by atoms with Crippen LogP contribution in [-0.2, 0) is 47.5 Å². The zero-order valence-electron chi connectivity index (χ0n) is 32.7. The zero-order chi connectivity index (χ0) is 38.4. The van der Waals surface area contributed by atoms with Crippen molar-refractivity contribution in [1.82, 2.24) is 9.80 Å². The van der Waals surface area contributed by atoms with Crippen molar-refractivity contribution < 1.29 is 57.4 Å². The molecule has 5 heterocycles. The second-order valence-electron chi connectivity index (χ2n) is 16.4. The van der Waals surface area contributed by atoms with Gasteiger partial charge in [-0.15, -0.1) is 0 Å². The number of Topliss-reactive ketones (excluding diaryl/α,β-unsaturated/α-hetero) is 1. The molecule has 5 aliphatic rings. The Hall–Kier alpha value is -2.62. The molecule has 0 aromatic rings. The molecule has 0 aromatic heterocycles. The summed E-state index contributed by atoms with van der Waals surface area (Å²) in [4.78, 5) is 59.1. The Morgan fingerprint density at radius 1 is 1.08 bits per heavy atom. The van der Waals surface area contributed by atoms with E-state index in [9.17, 15) is 24.3 Å². The molecule has 52 heavy (non-hydrogen) atoms. The van der Waals surface area contributed by atoms with Gasteiger partial charge in [-0.3, -0.25) is 14.5 Å². The first kappa shape index (κ1) is 40.6. The van der Waals surface area contributed by atoms with Crippen LogP contribution in [0, 0.1) is 29.6 Å². The van der Waals surface area contributed by atoms with Crippen LogP contribution in [0.25, 0.3) is 0 Å². The number of nitrogens with zero attached hydrogens (tertiary/aromatic N) is 2. The molecule has 0 saturated carbocycles. The third kappa shape index (κ3) is 7.52. The summed E-state index contributed by atoms with van der Waals surface area (Å²) in [7, 11) is 5.07. The number of fused-ring (bicyclic) bond motifs is 5. The van der Waals surface area contributed by atoms with Crippen molar-refractivity contribution in [3.8, 4) is 0 Å². The van der Waals surface area contributed by atoms with Crippen molar-refractivity contribution in [2.75, 3.05) is 41.0 Å². The van der Waals surface area contributed by atoms with Gasteiger partial charge in [-0.25, -0.2) is 9.59 Å². The standard InChI is InChI=1S/C38H60N2O12/c1-12-27-38(8)32-21(4)29(42)19(2)15-37(7)33(51-35-30(43)26(39(9)10)13-20(3)49-35)22(5)31(23(6)34(44)50-27)47-17-25(18-48-37)24(14-28(41)46-11)16-40(32)36(45)52-38/h14,19-23,25-27,30-33,35,43H,12-13,15-18H2,1-11H3/b24-14-/t19-,20-,21+,22+,23-,25?,26+,27-,30-,31+,32+,33-,35+,37?,38?/m1/s1. The Labute approximate surface area is 307 Å². The number of ketones is 1. The predicted octanol–water partition coefficient (Wildman–Crippen LogP) is 3.12. The Balaban J connectivity index is 1.74. The summed E-state index contributed by atoms with van der Waals surface area (Å²) >= 11 is 0. The van der Waals surface area contributed by atoms with E-state index in [-0.39, 0.29) is 44.1 Å². The minimum absolute atomic E-state index is 0.0150. The van der Waals surface area contributed by atoms with Gasteiger partial charge in [-0.2, -0.15) is 0 Å². The maximum absolute atomic E-state index is 14.6. The highest BCUT2D eigenvalue weighted by molar-refractivity contribution is 5.86. The van der Waals surface area contributed by atoms with Gasteiger partial charge in [-0.1, -0.05) is 27.7 Å². The van der Waals surface area contributed by atoms with Gasteiger partial charge in [0.05, 0.1) is 56.2 Å². The highest BCUT2D eigenvalue weighted by Crippen LogP contribution is 2.46. The fourth-order valence-electron chi connectivity index (χ4n) is 9.50. The number of amides is 1. The molecule has 5 saturated heterocycles. The first-order chi connectivity index (χ1) is 24.4. The highest BCUT2D eigenvalue weighted by Gasteiger charge is 2.61. The number of carbonyl (C=O) groups excluding carboxylic acids is 4. The van der Waals surface area contributed by atoms with Gasteiger partial charge in [0.1, 0.15) is 18.0 Å². The van der Waals surface area contributed by atoms with Crippen LogP contribution in [0.1, 0.15) is 74.7 Å². The molecule has 0 radical (unpaired) electrons. The van der Waals surface area contributed by atoms with Crippen molar-refractivity contribution in [1.29, 1.82) is 0 Å². The monoisotopic (exact) mass is 736 g/mol. The number of hydrogen-bond acceptors (Lipinski definition) is 13. The lowest BCUT2D eigenvalue weighted by Crippen LogP contribution is -2.61. The van der Waals surface area contributed by atoms with E-state index in [2.05, 4.69) is 0 Å². The van der Waals surface area contributed by atoms with Crippen LogP contribution < -0.4 is 0 Å². The minimum Gasteiger partial charge on any atom is -0.466 e. The Morgan fingerprint density at radius 3 is 2.40 bits per heavy atom. The fraction of sp³-hybridized carbons (Fsp3) is 0.842. The molecule has 15 atom stereocenters. The molecule has 14 heteroatoms. The molecule has 3 unspecified atom stereocenters. The molecule has 6 bridgehead atoms. The van der Waals surface area contributed by atoms with Gasteiger partial charge in [-0.05, 0) is 66.6 Å². The lowest BCUT2D eigenvalue weighted by Gasteiger charge is -2.48. The first-order valence-electron chi connectivity index (χ1n) is 18.8. The fourth-order valence-corrected chi connectivity index (χ4v) is 9.50. The van der Waals surface area contributed by atoms with Gasteiger partial charge in [0, 0.05) is 42.3 Å². The molecular weight excluding hydrogens is 676 g/mol. The van der Waals surface area contributed by atoms with E-state index in [1.807, 2.05) is 53.6 Å². The lowest BCUT2D eigenvalue weighted by molar-refractivity contribution is -0.302. The summed E-state index contributed by atoms with van der Waals surface area (Å²) in [6.07, 6.45) is -3.10. The van der Waals surface area contributed by atoms with E-state index in [0.717, 1.165) is 0 Å². The van der Waals surface area contributed by atoms with Crippen LogP contribution in [0.5, 0.6) is 0 Å². The predicted molar refractivity (Wildman–Crippen MR) is 187 cm³/mol. The largest absolute Gasteiger partial charge is 0.466 e. The molecule has 5 fully saturated rings. The maximum Gasteiger partial charge on any atom is 0.411 e. The summed E-state index contributed by atoms with van der Waals surface area (Å²) < 4.78 is 44.3. The van der Waals surface area contributed by atoms with Crippen LogP contribution in [0.3, 0.4) is 0 Å². The molecule has 0 aromatic carbocycles. The molecule has 0 spiro atoms. The van der Waals surface area contributed by atoms with Crippen LogP contribution >= 0.6 is 0 Å². The molecule has 5 aliphatic heterocycles. The average molecular weight is 737 g/mol. The Bertz CT molecular complexity index is 1390. The number of aliphatic hydroxyl groups is 1. The van der Waals surface area contributed by atoms with E-state index in [1.165, 1.54) is 18.1 Å². The second-order valence-corrected chi connectivity index (χ2v) is 16.4. The van der Waals surface area contributed by atoms with Crippen molar-refractivity contribution >= 4 is 23.8 Å². The molecule has 0 aliphatic carbocycles. The van der Waals surface area contributed by atoms with Gasteiger partial charge in [0.2, 0.25) is 0 Å². The quantitative estimate of drug-likeness (QED) is 0.250. The Kier molecular flexibility index (Phi) is 12.2. The topological polar surface area (TPSA) is 160 Å². The number of methoxy groups -OCH3 is 1. The third-order valence-electron chi connectivity index (χ3n) is 12.4. The molecule has 1 amide bonds. The van der Waals surface area contributed by atoms with Crippen molar-refractivity contribution in [2.45, 2.75) is 135 Å². The van der Waals surface area contributed by atoms with Crippen LogP contribution in [0.2, 0.25) is 0 Å². The second kappa shape index (κ2) is 15.6. The van der Waals surface area contributed by atoms with E-state index in [1.54, 1.807) is 20.8 Å². The number of hydrogen-bond donors (Lipinski definition) is 1. The zero-order valence-corrected chi connectivity index (χ0v) is 32.7. The first-order valence-corrected chi connectivity index (χ1v) is 18.8. The average Bonchev–Trinajstić information content (AvgIpc) is 3.36. The number of likely N-dealkylation sites (N-methyl/N-ethyl adjacent to an activating group) is 1. The number of aliphatic hydroxyl groups excluding tert-OH is 1. The third-order valence-corrected chi connectivity index (χ3v) is 12.4. The summed E-state index contributed by atoms with van der Waals surface area (Å²) in [5.74, 6) is -4.69. The number of carbonyl (C=O) groups is 4. The number of cyclic esters (lactones) is 1. The molecule has 5 rings (SSSR count). The SMILES string of the molecule is CC[C@H]1OC(=O)[C@H](C)[C@H]2OCC3COC(C)(C[C@@H](C)C(=O)[C@H](C)[C@@H]4N(C/C3=C/C(=O)OC)C(=O)OC41C)[C@H](O[C@@H]1O[C@H](C)C[C@H](N(C)C)[C@H]1O)[C@H]2C. The van der Waals surface area contributed by atoms with Crippen molar-refractivity contribution in [2.24, 2.45) is 29.6 Å². The number of ether oxygens (including phenoxy) is 7. The summed E-state index contributed by atoms with van der Waals surface area (Å²) in [6, 6.07) is -1.10. The van der Waals surface area contributed by atoms with Crippen LogP contribution in [0.4, 0.5) is 4.79 Å². The minimum atomic E-state index is -1.40. The van der Waals surface area contributed by atoms with Gasteiger partial charge >= 0.3 is 18.0 Å². The normalized spacial score (nSPS) is 45.5. The van der Waals surface area contributed by atoms with E-state index in [0.29, 0.717) is 18.4 Å². The van der Waals surface area contributed by atoms with Crippen LogP contribution in [-0.4, -0.2) is 140 Å². The van der Waals surface area contributed by atoms with Crippen LogP contribution in [0.15, 0.2) is 11.6 Å². The van der Waals surface area contributed by atoms with Gasteiger partial charge in [0.25, 0.3) is 0 Å². The summed E-state index contributed by atoms with van der Waals surface area (Å²) in [6.45, 7) is 14.6. The van der Waals surface area contributed by atoms with E-state index in [4.69, 9.17) is 33.2 Å². The van der Waals surface area contributed by atoms with Gasteiger partial charge in [0.15, 0.2) is 11.9 Å². The highest BCUT2D eigenvalue weighted by atomic mass is 16.7. The van der Waals surface area contributed by atoms with Crippen molar-refractivity contribution in [3.63, 3.8) is 0 Å². The molecular formula is C38H60N2O12. The van der Waals surface area contributed by atoms with Crippen molar-refractivity contribution in [3.05, 3.63) is 11.6 Å². The summed E-state index contributed by atoms with van der Waals surface area (Å²) in [5.41, 5.74) is -2.11.